The van der Waals surface area contributed by atoms with Crippen LogP contribution in [0.5, 0.6) is 0 Å². The molecule has 0 saturated carbocycles. The molecule has 4 nitrogen and oxygen atoms in total. The van der Waals surface area contributed by atoms with E-state index in [1.807, 2.05) is 17.0 Å². The van der Waals surface area contributed by atoms with Gasteiger partial charge in [0.25, 0.3) is 0 Å². The Morgan fingerprint density at radius 2 is 2.40 bits per heavy atom. The summed E-state index contributed by atoms with van der Waals surface area (Å²) in [7, 11) is 0. The van der Waals surface area contributed by atoms with Gasteiger partial charge in [0.05, 0.1) is 6.04 Å². The maximum absolute atomic E-state index is 10.9. The van der Waals surface area contributed by atoms with Crippen molar-refractivity contribution in [2.45, 2.75) is 25.3 Å². The number of carbonyl (C=O) groups is 1. The Morgan fingerprint density at radius 3 is 3.13 bits per heavy atom. The Bertz CT molecular complexity index is 353. The summed E-state index contributed by atoms with van der Waals surface area (Å²) >= 11 is 0. The number of amides is 1. The molecule has 1 aliphatic rings. The highest BCUT2D eigenvalue weighted by atomic mass is 16.1. The number of piperidine rings is 1. The van der Waals surface area contributed by atoms with Crippen molar-refractivity contribution in [1.82, 2.24) is 9.88 Å². The van der Waals surface area contributed by atoms with Crippen molar-refractivity contribution in [3.63, 3.8) is 0 Å². The molecule has 1 saturated heterocycles. The SMILES string of the molecule is Nc1cc(C2CCCCN2C=O)ccn1. The van der Waals surface area contributed by atoms with Gasteiger partial charge in [-0.1, -0.05) is 0 Å². The highest BCUT2D eigenvalue weighted by Crippen LogP contribution is 2.29. The molecule has 1 aromatic rings. The molecule has 0 aliphatic carbocycles. The van der Waals surface area contributed by atoms with Gasteiger partial charge in [-0.05, 0) is 37.0 Å². The lowest BCUT2D eigenvalue weighted by Crippen LogP contribution is -2.32. The molecule has 4 heteroatoms. The van der Waals surface area contributed by atoms with E-state index in [4.69, 9.17) is 5.73 Å². The topological polar surface area (TPSA) is 59.2 Å². The van der Waals surface area contributed by atoms with Crippen molar-refractivity contribution < 1.29 is 4.79 Å². The molecule has 2 N–H and O–H groups in total. The van der Waals surface area contributed by atoms with Crippen molar-refractivity contribution in [2.24, 2.45) is 0 Å². The summed E-state index contributed by atoms with van der Waals surface area (Å²) in [4.78, 5) is 16.7. The molecule has 2 heterocycles. The Kier molecular flexibility index (Phi) is 2.85. The summed E-state index contributed by atoms with van der Waals surface area (Å²) in [6, 6.07) is 3.97. The molecular weight excluding hydrogens is 190 g/mol. The van der Waals surface area contributed by atoms with E-state index in [-0.39, 0.29) is 6.04 Å². The third-order valence-electron chi connectivity index (χ3n) is 2.87. The Morgan fingerprint density at radius 1 is 1.53 bits per heavy atom. The highest BCUT2D eigenvalue weighted by molar-refractivity contribution is 5.49. The van der Waals surface area contributed by atoms with E-state index >= 15 is 0 Å². The monoisotopic (exact) mass is 205 g/mol. The van der Waals surface area contributed by atoms with Crippen LogP contribution in [0.1, 0.15) is 30.9 Å². The molecule has 1 atom stereocenters. The summed E-state index contributed by atoms with van der Waals surface area (Å²) in [5.41, 5.74) is 6.73. The normalized spacial score (nSPS) is 21.3. The lowest BCUT2D eigenvalue weighted by Gasteiger charge is -2.32. The van der Waals surface area contributed by atoms with Gasteiger partial charge < -0.3 is 10.6 Å². The Labute approximate surface area is 89.1 Å². The van der Waals surface area contributed by atoms with E-state index < -0.39 is 0 Å². The summed E-state index contributed by atoms with van der Waals surface area (Å²) in [6.07, 6.45) is 5.90. The largest absolute Gasteiger partial charge is 0.384 e. The standard InChI is InChI=1S/C11H15N3O/c12-11-7-9(4-5-13-11)10-3-1-2-6-14(10)8-15/h4-5,7-8,10H,1-3,6H2,(H2,12,13). The molecule has 0 radical (unpaired) electrons. The van der Waals surface area contributed by atoms with Crippen LogP contribution in [0.4, 0.5) is 5.82 Å². The number of anilines is 1. The lowest BCUT2D eigenvalue weighted by molar-refractivity contribution is -0.121. The van der Waals surface area contributed by atoms with Crippen LogP contribution in [0, 0.1) is 0 Å². The average molecular weight is 205 g/mol. The predicted octanol–water partition coefficient (Wildman–Crippen LogP) is 1.35. The van der Waals surface area contributed by atoms with Gasteiger partial charge in [0.15, 0.2) is 0 Å². The quantitative estimate of drug-likeness (QED) is 0.741. The number of hydrogen-bond donors (Lipinski definition) is 1. The number of likely N-dealkylation sites (tertiary alicyclic amines) is 1. The van der Waals surface area contributed by atoms with Gasteiger partial charge >= 0.3 is 0 Å². The third-order valence-corrected chi connectivity index (χ3v) is 2.87. The van der Waals surface area contributed by atoms with Crippen LogP contribution in [0.2, 0.25) is 0 Å². The number of nitrogens with zero attached hydrogens (tertiary/aromatic N) is 2. The highest BCUT2D eigenvalue weighted by Gasteiger charge is 2.22. The van der Waals surface area contributed by atoms with Gasteiger partial charge in [-0.25, -0.2) is 4.98 Å². The van der Waals surface area contributed by atoms with Crippen LogP contribution in [-0.2, 0) is 4.79 Å². The fourth-order valence-corrected chi connectivity index (χ4v) is 2.11. The second-order valence-electron chi connectivity index (χ2n) is 3.87. The minimum atomic E-state index is 0.182. The van der Waals surface area contributed by atoms with Gasteiger partial charge in [-0.3, -0.25) is 4.79 Å². The molecule has 0 bridgehead atoms. The van der Waals surface area contributed by atoms with E-state index in [0.29, 0.717) is 5.82 Å². The number of carbonyl (C=O) groups excluding carboxylic acids is 1. The second kappa shape index (κ2) is 4.29. The van der Waals surface area contributed by atoms with Crippen molar-refractivity contribution in [3.05, 3.63) is 23.9 Å². The van der Waals surface area contributed by atoms with Crippen molar-refractivity contribution in [2.75, 3.05) is 12.3 Å². The van der Waals surface area contributed by atoms with Gasteiger partial charge in [0, 0.05) is 12.7 Å². The fraction of sp³-hybridized carbons (Fsp3) is 0.455. The predicted molar refractivity (Wildman–Crippen MR) is 58.0 cm³/mol. The molecule has 15 heavy (non-hydrogen) atoms. The fourth-order valence-electron chi connectivity index (χ4n) is 2.11. The van der Waals surface area contributed by atoms with Crippen LogP contribution < -0.4 is 5.73 Å². The summed E-state index contributed by atoms with van der Waals surface area (Å²) in [5, 5.41) is 0. The number of pyridine rings is 1. The number of rotatable bonds is 2. The van der Waals surface area contributed by atoms with Gasteiger partial charge in [-0.15, -0.1) is 0 Å². The van der Waals surface area contributed by atoms with E-state index in [9.17, 15) is 4.79 Å². The molecule has 1 aromatic heterocycles. The van der Waals surface area contributed by atoms with Gasteiger partial charge in [0.1, 0.15) is 5.82 Å². The van der Waals surface area contributed by atoms with Gasteiger partial charge in [-0.2, -0.15) is 0 Å². The van der Waals surface area contributed by atoms with E-state index in [0.717, 1.165) is 37.8 Å². The van der Waals surface area contributed by atoms with Crippen LogP contribution in [0.25, 0.3) is 0 Å². The van der Waals surface area contributed by atoms with E-state index in [2.05, 4.69) is 4.98 Å². The van der Waals surface area contributed by atoms with Crippen LogP contribution in [0.15, 0.2) is 18.3 Å². The van der Waals surface area contributed by atoms with Crippen molar-refractivity contribution in [3.8, 4) is 0 Å². The van der Waals surface area contributed by atoms with Crippen molar-refractivity contribution >= 4 is 12.2 Å². The van der Waals surface area contributed by atoms with Crippen LogP contribution in [-0.4, -0.2) is 22.8 Å². The minimum absolute atomic E-state index is 0.182. The molecule has 1 fully saturated rings. The summed E-state index contributed by atoms with van der Waals surface area (Å²) in [6.45, 7) is 0.844. The zero-order valence-electron chi connectivity index (χ0n) is 8.60. The maximum Gasteiger partial charge on any atom is 0.210 e. The molecular formula is C11H15N3O. The first-order valence-corrected chi connectivity index (χ1v) is 5.24. The zero-order valence-corrected chi connectivity index (χ0v) is 8.60. The molecule has 1 aliphatic heterocycles. The van der Waals surface area contributed by atoms with Gasteiger partial charge in [0.2, 0.25) is 6.41 Å². The first-order chi connectivity index (χ1) is 7.31. The molecule has 80 valence electrons. The Hall–Kier alpha value is -1.58. The second-order valence-corrected chi connectivity index (χ2v) is 3.87. The zero-order chi connectivity index (χ0) is 10.7. The first kappa shape index (κ1) is 9.96. The van der Waals surface area contributed by atoms with E-state index in [1.165, 1.54) is 0 Å². The number of nitrogen functional groups attached to an aromatic ring is 1. The number of nitrogens with two attached hydrogens (primary N) is 1. The van der Waals surface area contributed by atoms with E-state index in [1.54, 1.807) is 6.20 Å². The van der Waals surface area contributed by atoms with Crippen molar-refractivity contribution in [1.29, 1.82) is 0 Å². The smallest absolute Gasteiger partial charge is 0.210 e. The first-order valence-electron chi connectivity index (χ1n) is 5.24. The molecule has 1 amide bonds. The lowest BCUT2D eigenvalue weighted by atomic mass is 9.96. The Balaban J connectivity index is 2.23. The summed E-state index contributed by atoms with van der Waals surface area (Å²) < 4.78 is 0. The molecule has 0 aromatic carbocycles. The summed E-state index contributed by atoms with van der Waals surface area (Å²) in [5.74, 6) is 0.518. The third kappa shape index (κ3) is 2.09. The van der Waals surface area contributed by atoms with Crippen LogP contribution >= 0.6 is 0 Å². The minimum Gasteiger partial charge on any atom is -0.384 e. The average Bonchev–Trinajstić information content (AvgIpc) is 2.29. The molecule has 0 spiro atoms. The number of aromatic nitrogens is 1. The number of hydrogen-bond acceptors (Lipinski definition) is 3. The van der Waals surface area contributed by atoms with Crippen LogP contribution in [0.3, 0.4) is 0 Å². The molecule has 2 rings (SSSR count). The molecule has 1 unspecified atom stereocenters. The maximum atomic E-state index is 10.9.